The van der Waals surface area contributed by atoms with Crippen molar-refractivity contribution in [3.8, 4) is 5.69 Å². The molecule has 1 amide bonds. The molecule has 4 rings (SSSR count). The monoisotopic (exact) mass is 410 g/mol. The molecule has 0 aliphatic carbocycles. The zero-order valence-electron chi connectivity index (χ0n) is 16.3. The number of nitrogens with zero attached hydrogens (tertiary/aromatic N) is 3. The molecule has 0 spiro atoms. The second-order valence-electron chi connectivity index (χ2n) is 7.13. The van der Waals surface area contributed by atoms with Crippen LogP contribution in [0.2, 0.25) is 0 Å². The van der Waals surface area contributed by atoms with Crippen LogP contribution in [0.1, 0.15) is 28.2 Å². The first kappa shape index (κ1) is 19.2. The lowest BCUT2D eigenvalue weighted by Crippen LogP contribution is -2.25. The molecule has 1 saturated heterocycles. The van der Waals surface area contributed by atoms with Crippen LogP contribution in [-0.4, -0.2) is 36.4 Å². The van der Waals surface area contributed by atoms with E-state index in [2.05, 4.69) is 10.4 Å². The summed E-state index contributed by atoms with van der Waals surface area (Å²) in [4.78, 5) is 12.6. The summed E-state index contributed by atoms with van der Waals surface area (Å²) in [6, 6.07) is 16.1. The quantitative estimate of drug-likeness (QED) is 0.715. The van der Waals surface area contributed by atoms with Gasteiger partial charge in [-0.15, -0.1) is 0 Å². The van der Waals surface area contributed by atoms with Crippen LogP contribution in [0.25, 0.3) is 5.69 Å². The molecule has 1 aliphatic rings. The molecule has 0 atom stereocenters. The smallest absolute Gasteiger partial charge is 0.255 e. The van der Waals surface area contributed by atoms with Crippen LogP contribution in [0, 0.1) is 13.8 Å². The standard InChI is InChI=1S/C21H22N4O3S/c1-15-13-16(2)25(23-15)20-6-3-5-18(14-20)22-21(26)17-7-9-19(10-8-17)24-11-4-12-29(24,27)28/h3,5-10,13-14H,4,11-12H2,1-2H3,(H,22,26). The van der Waals surface area contributed by atoms with Crippen molar-refractivity contribution < 1.29 is 13.2 Å². The summed E-state index contributed by atoms with van der Waals surface area (Å²) in [5, 5.41) is 7.36. The Kier molecular flexibility index (Phi) is 4.87. The minimum atomic E-state index is -3.23. The first-order valence-electron chi connectivity index (χ1n) is 9.39. The molecule has 0 radical (unpaired) electrons. The molecule has 1 aliphatic heterocycles. The van der Waals surface area contributed by atoms with Gasteiger partial charge in [-0.3, -0.25) is 9.10 Å². The molecule has 2 aromatic carbocycles. The number of benzene rings is 2. The van der Waals surface area contributed by atoms with Crippen molar-refractivity contribution in [2.75, 3.05) is 21.9 Å². The number of aromatic nitrogens is 2. The Morgan fingerprint density at radius 3 is 2.41 bits per heavy atom. The summed E-state index contributed by atoms with van der Waals surface area (Å²) in [5.41, 5.74) is 4.51. The maximum absolute atomic E-state index is 12.6. The van der Waals surface area contributed by atoms with E-state index in [-0.39, 0.29) is 11.7 Å². The van der Waals surface area contributed by atoms with E-state index in [0.29, 0.717) is 29.9 Å². The highest BCUT2D eigenvalue weighted by Crippen LogP contribution is 2.24. The minimum Gasteiger partial charge on any atom is -0.322 e. The van der Waals surface area contributed by atoms with Gasteiger partial charge in [-0.1, -0.05) is 6.07 Å². The molecular weight excluding hydrogens is 388 g/mol. The van der Waals surface area contributed by atoms with Crippen molar-refractivity contribution in [1.82, 2.24) is 9.78 Å². The number of nitrogens with one attached hydrogen (secondary N) is 1. The predicted octanol–water partition coefficient (Wildman–Crippen LogP) is 3.28. The third-order valence-corrected chi connectivity index (χ3v) is 6.74. The second kappa shape index (κ2) is 7.36. The van der Waals surface area contributed by atoms with Gasteiger partial charge >= 0.3 is 0 Å². The topological polar surface area (TPSA) is 84.3 Å². The lowest BCUT2D eigenvalue weighted by molar-refractivity contribution is 0.102. The van der Waals surface area contributed by atoms with Crippen molar-refractivity contribution in [2.45, 2.75) is 20.3 Å². The third kappa shape index (κ3) is 3.88. The average molecular weight is 410 g/mol. The molecule has 29 heavy (non-hydrogen) atoms. The summed E-state index contributed by atoms with van der Waals surface area (Å²) in [7, 11) is -3.23. The molecule has 8 heteroatoms. The average Bonchev–Trinajstić information content (AvgIpc) is 3.22. The first-order valence-corrected chi connectivity index (χ1v) is 11.0. The Labute approximate surface area is 170 Å². The van der Waals surface area contributed by atoms with Gasteiger partial charge in [0.2, 0.25) is 10.0 Å². The molecule has 1 N–H and O–H groups in total. The number of hydrogen-bond acceptors (Lipinski definition) is 4. The lowest BCUT2D eigenvalue weighted by Gasteiger charge is -2.17. The number of carbonyl (C=O) groups excluding carboxylic acids is 1. The molecule has 150 valence electrons. The number of carbonyl (C=O) groups is 1. The fourth-order valence-electron chi connectivity index (χ4n) is 3.52. The van der Waals surface area contributed by atoms with E-state index in [1.54, 1.807) is 24.3 Å². The van der Waals surface area contributed by atoms with Crippen molar-refractivity contribution >= 4 is 27.3 Å². The van der Waals surface area contributed by atoms with Crippen molar-refractivity contribution in [2.24, 2.45) is 0 Å². The first-order chi connectivity index (χ1) is 13.8. The summed E-state index contributed by atoms with van der Waals surface area (Å²) >= 11 is 0. The fraction of sp³-hybridized carbons (Fsp3) is 0.238. The third-order valence-electron chi connectivity index (χ3n) is 4.87. The van der Waals surface area contributed by atoms with Crippen molar-refractivity contribution in [3.05, 3.63) is 71.5 Å². The van der Waals surface area contributed by atoms with Gasteiger partial charge in [0.25, 0.3) is 5.91 Å². The summed E-state index contributed by atoms with van der Waals surface area (Å²) < 4.78 is 27.3. The summed E-state index contributed by atoms with van der Waals surface area (Å²) in [6.07, 6.45) is 0.621. The number of amides is 1. The normalized spacial score (nSPS) is 15.4. The van der Waals surface area contributed by atoms with Gasteiger partial charge in [-0.05, 0) is 68.8 Å². The summed E-state index contributed by atoms with van der Waals surface area (Å²) in [6.45, 7) is 4.40. The van der Waals surface area contributed by atoms with E-state index in [9.17, 15) is 13.2 Å². The zero-order chi connectivity index (χ0) is 20.6. The van der Waals surface area contributed by atoms with Gasteiger partial charge in [-0.25, -0.2) is 13.1 Å². The highest BCUT2D eigenvalue weighted by molar-refractivity contribution is 7.93. The number of sulfonamides is 1. The number of anilines is 2. The van der Waals surface area contributed by atoms with Crippen molar-refractivity contribution in [1.29, 1.82) is 0 Å². The van der Waals surface area contributed by atoms with Crippen LogP contribution in [0.4, 0.5) is 11.4 Å². The molecule has 1 aromatic heterocycles. The second-order valence-corrected chi connectivity index (χ2v) is 9.14. The summed E-state index contributed by atoms with van der Waals surface area (Å²) in [5.74, 6) is -0.0905. The zero-order valence-corrected chi connectivity index (χ0v) is 17.1. The van der Waals surface area contributed by atoms with Gasteiger partial charge in [0, 0.05) is 23.5 Å². The lowest BCUT2D eigenvalue weighted by atomic mass is 10.2. The molecule has 0 saturated carbocycles. The fourth-order valence-corrected chi connectivity index (χ4v) is 5.08. The maximum atomic E-state index is 12.6. The highest BCUT2D eigenvalue weighted by atomic mass is 32.2. The number of rotatable bonds is 4. The maximum Gasteiger partial charge on any atom is 0.255 e. The molecule has 0 unspecified atom stereocenters. The van der Waals surface area contributed by atoms with Crippen LogP contribution in [0.3, 0.4) is 0 Å². The molecular formula is C21H22N4O3S. The van der Waals surface area contributed by atoms with Gasteiger partial charge in [-0.2, -0.15) is 5.10 Å². The van der Waals surface area contributed by atoms with E-state index in [0.717, 1.165) is 17.1 Å². The Bertz CT molecular complexity index is 1170. The molecule has 0 bridgehead atoms. The Hall–Kier alpha value is -3.13. The van der Waals surface area contributed by atoms with Crippen molar-refractivity contribution in [3.63, 3.8) is 0 Å². The van der Waals surface area contributed by atoms with E-state index in [1.165, 1.54) is 4.31 Å². The Morgan fingerprint density at radius 1 is 1.03 bits per heavy atom. The van der Waals surface area contributed by atoms with E-state index in [4.69, 9.17) is 0 Å². The molecule has 3 aromatic rings. The Morgan fingerprint density at radius 2 is 1.79 bits per heavy atom. The van der Waals surface area contributed by atoms with E-state index in [1.807, 2.05) is 48.9 Å². The van der Waals surface area contributed by atoms with Gasteiger partial charge in [0.15, 0.2) is 0 Å². The number of aryl methyl sites for hydroxylation is 2. The highest BCUT2D eigenvalue weighted by Gasteiger charge is 2.28. The van der Waals surface area contributed by atoms with Gasteiger partial charge < -0.3 is 5.32 Å². The van der Waals surface area contributed by atoms with E-state index < -0.39 is 10.0 Å². The van der Waals surface area contributed by atoms with Gasteiger partial charge in [0.05, 0.1) is 22.8 Å². The van der Waals surface area contributed by atoms with Gasteiger partial charge in [0.1, 0.15) is 0 Å². The predicted molar refractivity (Wildman–Crippen MR) is 113 cm³/mol. The number of hydrogen-bond donors (Lipinski definition) is 1. The van der Waals surface area contributed by atoms with Crippen LogP contribution in [-0.2, 0) is 10.0 Å². The van der Waals surface area contributed by atoms with Crippen LogP contribution < -0.4 is 9.62 Å². The molecule has 1 fully saturated rings. The van der Waals surface area contributed by atoms with Crippen LogP contribution >= 0.6 is 0 Å². The molecule has 2 heterocycles. The Balaban J connectivity index is 1.51. The van der Waals surface area contributed by atoms with Crippen LogP contribution in [0.15, 0.2) is 54.6 Å². The largest absolute Gasteiger partial charge is 0.322 e. The van der Waals surface area contributed by atoms with E-state index >= 15 is 0 Å². The minimum absolute atomic E-state index is 0.167. The van der Waals surface area contributed by atoms with Crippen LogP contribution in [0.5, 0.6) is 0 Å². The molecule has 7 nitrogen and oxygen atoms in total. The SMILES string of the molecule is Cc1cc(C)n(-c2cccc(NC(=O)c3ccc(N4CCCS4(=O)=O)cc3)c2)n1.